The average Bonchev–Trinajstić information content (AvgIpc) is 3.29. The van der Waals surface area contributed by atoms with Gasteiger partial charge in [-0.3, -0.25) is 14.9 Å². The number of Topliss-reactive ketones (excluding diaryl/α,β-unsaturated/α-hetero) is 1. The van der Waals surface area contributed by atoms with Gasteiger partial charge in [0.15, 0.2) is 5.78 Å². The van der Waals surface area contributed by atoms with E-state index in [1.165, 1.54) is 28.3 Å². The first kappa shape index (κ1) is 17.3. The van der Waals surface area contributed by atoms with Gasteiger partial charge in [0.1, 0.15) is 0 Å². The van der Waals surface area contributed by atoms with Crippen molar-refractivity contribution in [3.05, 3.63) is 56.3 Å². The van der Waals surface area contributed by atoms with E-state index in [1.54, 1.807) is 12.1 Å². The smallest absolute Gasteiger partial charge is 0.277 e. The van der Waals surface area contributed by atoms with E-state index in [4.69, 9.17) is 4.42 Å². The van der Waals surface area contributed by atoms with Gasteiger partial charge in [0.05, 0.1) is 15.6 Å². The fraction of sp³-hybridized carbons (Fsp3) is 0.188. The molecular formula is C16H13N3O4S2. The van der Waals surface area contributed by atoms with Crippen molar-refractivity contribution in [3.8, 4) is 11.5 Å². The van der Waals surface area contributed by atoms with Crippen LogP contribution in [0, 0.1) is 10.1 Å². The van der Waals surface area contributed by atoms with Gasteiger partial charge < -0.3 is 4.42 Å². The van der Waals surface area contributed by atoms with Crippen molar-refractivity contribution >= 4 is 34.6 Å². The molecule has 0 atom stereocenters. The predicted molar refractivity (Wildman–Crippen MR) is 95.1 cm³/mol. The number of ketones is 1. The van der Waals surface area contributed by atoms with Crippen LogP contribution in [-0.2, 0) is 6.42 Å². The van der Waals surface area contributed by atoms with E-state index in [0.717, 1.165) is 18.2 Å². The molecule has 1 aromatic carbocycles. The number of aromatic nitrogens is 2. The molecule has 128 valence electrons. The van der Waals surface area contributed by atoms with E-state index in [2.05, 4.69) is 10.2 Å². The van der Waals surface area contributed by atoms with Crippen LogP contribution in [0.5, 0.6) is 0 Å². The molecular weight excluding hydrogens is 362 g/mol. The highest BCUT2D eigenvalue weighted by atomic mass is 32.2. The fourth-order valence-corrected chi connectivity index (χ4v) is 3.68. The lowest BCUT2D eigenvalue weighted by molar-refractivity contribution is -0.384. The molecule has 0 spiro atoms. The molecule has 3 rings (SSSR count). The van der Waals surface area contributed by atoms with Crippen LogP contribution in [0.3, 0.4) is 0 Å². The van der Waals surface area contributed by atoms with Gasteiger partial charge in [-0.15, -0.1) is 21.5 Å². The molecule has 0 bridgehead atoms. The predicted octanol–water partition coefficient (Wildman–Crippen LogP) is 4.24. The molecule has 7 nitrogen and oxygen atoms in total. The van der Waals surface area contributed by atoms with Gasteiger partial charge in [0.2, 0.25) is 5.89 Å². The Hall–Kier alpha value is -2.52. The summed E-state index contributed by atoms with van der Waals surface area (Å²) in [7, 11) is 0. The molecule has 0 radical (unpaired) electrons. The molecule has 0 amide bonds. The largest absolute Gasteiger partial charge is 0.411 e. The molecule has 0 N–H and O–H groups in total. The van der Waals surface area contributed by atoms with Crippen molar-refractivity contribution < 1.29 is 14.1 Å². The summed E-state index contributed by atoms with van der Waals surface area (Å²) < 4.78 is 5.49. The first-order valence-electron chi connectivity index (χ1n) is 7.40. The minimum absolute atomic E-state index is 0.00444. The third kappa shape index (κ3) is 4.12. The average molecular weight is 375 g/mol. The van der Waals surface area contributed by atoms with Gasteiger partial charge in [-0.1, -0.05) is 24.8 Å². The summed E-state index contributed by atoms with van der Waals surface area (Å²) in [5.41, 5.74) is 0.412. The summed E-state index contributed by atoms with van der Waals surface area (Å²) in [5, 5.41) is 18.8. The molecule has 2 heterocycles. The van der Waals surface area contributed by atoms with E-state index in [0.29, 0.717) is 10.4 Å². The number of benzene rings is 1. The topological polar surface area (TPSA) is 99.1 Å². The van der Waals surface area contributed by atoms with E-state index >= 15 is 0 Å². The Bertz CT molecular complexity index is 920. The maximum Gasteiger partial charge on any atom is 0.277 e. The number of rotatable bonds is 7. The van der Waals surface area contributed by atoms with Gasteiger partial charge >= 0.3 is 0 Å². The molecule has 0 unspecified atom stereocenters. The molecule has 0 aliphatic heterocycles. The van der Waals surface area contributed by atoms with Crippen LogP contribution in [0.15, 0.2) is 46.0 Å². The lowest BCUT2D eigenvalue weighted by Gasteiger charge is -1.96. The number of nitro benzene ring substituents is 1. The quantitative estimate of drug-likeness (QED) is 0.263. The number of nitrogens with zero attached hydrogens (tertiary/aromatic N) is 3. The molecule has 2 aromatic heterocycles. The van der Waals surface area contributed by atoms with Gasteiger partial charge in [0, 0.05) is 22.6 Å². The third-order valence-electron chi connectivity index (χ3n) is 3.32. The van der Waals surface area contributed by atoms with Crippen LogP contribution >= 0.6 is 23.1 Å². The number of carbonyl (C=O) groups excluding carboxylic acids is 1. The third-order valence-corrected chi connectivity index (χ3v) is 5.41. The van der Waals surface area contributed by atoms with E-state index in [1.807, 2.05) is 19.1 Å². The summed E-state index contributed by atoms with van der Waals surface area (Å²) >= 11 is 2.64. The number of hydrogen-bond acceptors (Lipinski definition) is 8. The fourth-order valence-electron chi connectivity index (χ4n) is 2.05. The summed E-state index contributed by atoms with van der Waals surface area (Å²) in [6, 6.07) is 9.74. The Morgan fingerprint density at radius 2 is 2.16 bits per heavy atom. The zero-order chi connectivity index (χ0) is 17.8. The Labute approximate surface area is 151 Å². The van der Waals surface area contributed by atoms with Crippen molar-refractivity contribution in [2.24, 2.45) is 0 Å². The van der Waals surface area contributed by atoms with Crippen LogP contribution in [-0.4, -0.2) is 26.7 Å². The first-order valence-corrected chi connectivity index (χ1v) is 9.20. The highest BCUT2D eigenvalue weighted by molar-refractivity contribution is 7.99. The maximum absolute atomic E-state index is 12.2. The van der Waals surface area contributed by atoms with Crippen molar-refractivity contribution in [2.75, 3.05) is 5.75 Å². The molecule has 0 aliphatic rings. The Morgan fingerprint density at radius 3 is 2.88 bits per heavy atom. The van der Waals surface area contributed by atoms with Crippen LogP contribution in [0.1, 0.15) is 21.5 Å². The SMILES string of the molecule is CCc1ccc(C(=O)CSc2nnc(-c3cccc([N+](=O)[O-])c3)o2)s1. The second-order valence-corrected chi connectivity index (χ2v) is 7.11. The van der Waals surface area contributed by atoms with Gasteiger partial charge in [-0.05, 0) is 24.6 Å². The highest BCUT2D eigenvalue weighted by Gasteiger charge is 2.15. The summed E-state index contributed by atoms with van der Waals surface area (Å²) in [6.45, 7) is 2.04. The maximum atomic E-state index is 12.2. The van der Waals surface area contributed by atoms with Crippen molar-refractivity contribution in [1.29, 1.82) is 0 Å². The highest BCUT2D eigenvalue weighted by Crippen LogP contribution is 2.27. The minimum atomic E-state index is -0.486. The molecule has 0 fully saturated rings. The lowest BCUT2D eigenvalue weighted by Crippen LogP contribution is -1.99. The number of carbonyl (C=O) groups is 1. The minimum Gasteiger partial charge on any atom is -0.411 e. The van der Waals surface area contributed by atoms with E-state index < -0.39 is 4.92 Å². The normalized spacial score (nSPS) is 10.8. The monoisotopic (exact) mass is 375 g/mol. The van der Waals surface area contributed by atoms with Gasteiger partial charge in [-0.25, -0.2) is 0 Å². The molecule has 9 heteroatoms. The van der Waals surface area contributed by atoms with Crippen LogP contribution in [0.2, 0.25) is 0 Å². The Balaban J connectivity index is 1.66. The van der Waals surface area contributed by atoms with Gasteiger partial charge in [0.25, 0.3) is 10.9 Å². The Morgan fingerprint density at radius 1 is 1.32 bits per heavy atom. The van der Waals surface area contributed by atoms with Crippen molar-refractivity contribution in [1.82, 2.24) is 10.2 Å². The van der Waals surface area contributed by atoms with Crippen molar-refractivity contribution in [3.63, 3.8) is 0 Å². The molecule has 25 heavy (non-hydrogen) atoms. The van der Waals surface area contributed by atoms with Crippen molar-refractivity contribution in [2.45, 2.75) is 18.6 Å². The number of aryl methyl sites for hydroxylation is 1. The second kappa shape index (κ2) is 7.58. The van der Waals surface area contributed by atoms with E-state index in [-0.39, 0.29) is 28.3 Å². The molecule has 3 aromatic rings. The van der Waals surface area contributed by atoms with Crippen LogP contribution in [0.25, 0.3) is 11.5 Å². The number of non-ortho nitro benzene ring substituents is 1. The van der Waals surface area contributed by atoms with Gasteiger partial charge in [-0.2, -0.15) is 0 Å². The second-order valence-electron chi connectivity index (χ2n) is 5.01. The van der Waals surface area contributed by atoms with Crippen LogP contribution in [0.4, 0.5) is 5.69 Å². The summed E-state index contributed by atoms with van der Waals surface area (Å²) in [4.78, 5) is 24.4. The number of thioether (sulfide) groups is 1. The lowest BCUT2D eigenvalue weighted by atomic mass is 10.2. The molecule has 0 saturated heterocycles. The molecule has 0 aliphatic carbocycles. The summed E-state index contributed by atoms with van der Waals surface area (Å²) in [6.07, 6.45) is 0.904. The Kier molecular flexibility index (Phi) is 5.25. The number of nitro groups is 1. The zero-order valence-electron chi connectivity index (χ0n) is 13.2. The zero-order valence-corrected chi connectivity index (χ0v) is 14.8. The standard InChI is InChI=1S/C16H13N3O4S2/c1-2-12-6-7-14(25-12)13(20)9-24-16-18-17-15(23-16)10-4-3-5-11(8-10)19(21)22/h3-8H,2,9H2,1H3. The van der Waals surface area contributed by atoms with Crippen LogP contribution < -0.4 is 0 Å². The molecule has 0 saturated carbocycles. The number of thiophene rings is 1. The van der Waals surface area contributed by atoms with E-state index in [9.17, 15) is 14.9 Å². The number of hydrogen-bond donors (Lipinski definition) is 0. The summed E-state index contributed by atoms with van der Waals surface area (Å²) in [5.74, 6) is 0.382. The first-order chi connectivity index (χ1) is 12.1.